The van der Waals surface area contributed by atoms with Gasteiger partial charge in [-0.15, -0.1) is 0 Å². The first-order valence-corrected chi connectivity index (χ1v) is 10.3. The maximum Gasteiger partial charge on any atom is 0.264 e. The fraction of sp³-hybridized carbons (Fsp3) is 0.263. The van der Waals surface area contributed by atoms with Crippen LogP contribution < -0.4 is 0 Å². The lowest BCUT2D eigenvalue weighted by atomic mass is 9.99. The van der Waals surface area contributed by atoms with Crippen LogP contribution in [0.25, 0.3) is 0 Å². The van der Waals surface area contributed by atoms with Crippen LogP contribution >= 0.6 is 11.6 Å². The molecule has 0 aliphatic rings. The van der Waals surface area contributed by atoms with Crippen molar-refractivity contribution in [3.05, 3.63) is 77.0 Å². The van der Waals surface area contributed by atoms with Crippen molar-refractivity contribution in [2.45, 2.75) is 24.9 Å². The van der Waals surface area contributed by atoms with Crippen LogP contribution in [0.5, 0.6) is 0 Å². The van der Waals surface area contributed by atoms with Gasteiger partial charge in [0.2, 0.25) is 5.03 Å². The monoisotopic (exact) mass is 404 g/mol. The van der Waals surface area contributed by atoms with E-state index >= 15 is 0 Å². The minimum absolute atomic E-state index is 0.0855. The van der Waals surface area contributed by atoms with E-state index in [9.17, 15) is 8.42 Å². The van der Waals surface area contributed by atoms with E-state index in [1.165, 1.54) is 15.2 Å². The molecule has 0 N–H and O–H groups in total. The zero-order valence-electron chi connectivity index (χ0n) is 15.4. The van der Waals surface area contributed by atoms with Gasteiger partial charge in [-0.05, 0) is 24.1 Å². The van der Waals surface area contributed by atoms with Gasteiger partial charge in [-0.2, -0.15) is 4.31 Å². The molecule has 0 unspecified atom stereocenters. The SMILES string of the molecule is CCN([C@@H](c1ccc(C)cc1)c1cccnc1)S(=O)(=O)c1ncn(C)c1Cl. The van der Waals surface area contributed by atoms with Crippen LogP contribution in [0.4, 0.5) is 0 Å². The van der Waals surface area contributed by atoms with Gasteiger partial charge in [-0.3, -0.25) is 4.98 Å². The first-order chi connectivity index (χ1) is 12.9. The summed E-state index contributed by atoms with van der Waals surface area (Å²) in [6.07, 6.45) is 4.74. The molecule has 27 heavy (non-hydrogen) atoms. The normalized spacial score (nSPS) is 13.1. The maximum atomic E-state index is 13.4. The van der Waals surface area contributed by atoms with Crippen LogP contribution in [0.2, 0.25) is 5.15 Å². The summed E-state index contributed by atoms with van der Waals surface area (Å²) in [7, 11) is -2.27. The molecule has 6 nitrogen and oxygen atoms in total. The molecule has 0 bridgehead atoms. The van der Waals surface area contributed by atoms with Gasteiger partial charge in [0, 0.05) is 26.0 Å². The summed E-state index contributed by atoms with van der Waals surface area (Å²) in [5.74, 6) is 0. The Morgan fingerprint density at radius 3 is 2.41 bits per heavy atom. The lowest BCUT2D eigenvalue weighted by molar-refractivity contribution is 0.373. The van der Waals surface area contributed by atoms with E-state index in [1.54, 1.807) is 32.4 Å². The van der Waals surface area contributed by atoms with Crippen molar-refractivity contribution in [3.63, 3.8) is 0 Å². The van der Waals surface area contributed by atoms with Gasteiger partial charge in [0.05, 0.1) is 12.4 Å². The minimum Gasteiger partial charge on any atom is -0.324 e. The summed E-state index contributed by atoms with van der Waals surface area (Å²) in [6.45, 7) is 4.04. The number of halogens is 1. The Morgan fingerprint density at radius 2 is 1.89 bits per heavy atom. The van der Waals surface area contributed by atoms with E-state index in [4.69, 9.17) is 11.6 Å². The van der Waals surface area contributed by atoms with E-state index in [1.807, 2.05) is 37.3 Å². The highest BCUT2D eigenvalue weighted by atomic mass is 35.5. The fourth-order valence-electron chi connectivity index (χ4n) is 2.98. The second-order valence-electron chi connectivity index (χ2n) is 6.26. The number of aryl methyl sites for hydroxylation is 2. The van der Waals surface area contributed by atoms with E-state index in [0.717, 1.165) is 16.7 Å². The first kappa shape index (κ1) is 19.5. The summed E-state index contributed by atoms with van der Waals surface area (Å²) in [5.41, 5.74) is 2.73. The summed E-state index contributed by atoms with van der Waals surface area (Å²) in [5, 5.41) is -0.0585. The van der Waals surface area contributed by atoms with Gasteiger partial charge in [0.1, 0.15) is 5.15 Å². The van der Waals surface area contributed by atoms with Crippen LogP contribution in [0.3, 0.4) is 0 Å². The van der Waals surface area contributed by atoms with E-state index in [2.05, 4.69) is 9.97 Å². The Labute approximate surface area is 164 Å². The molecule has 0 saturated heterocycles. The van der Waals surface area contributed by atoms with Crippen molar-refractivity contribution >= 4 is 21.6 Å². The Hall–Kier alpha value is -2.22. The number of hydrogen-bond donors (Lipinski definition) is 0. The van der Waals surface area contributed by atoms with E-state index in [-0.39, 0.29) is 16.7 Å². The average Bonchev–Trinajstić information content (AvgIpc) is 3.00. The van der Waals surface area contributed by atoms with Crippen molar-refractivity contribution < 1.29 is 8.42 Å². The second-order valence-corrected chi connectivity index (χ2v) is 8.42. The lowest BCUT2D eigenvalue weighted by Gasteiger charge is -2.30. The van der Waals surface area contributed by atoms with E-state index < -0.39 is 16.1 Å². The third-order valence-electron chi connectivity index (χ3n) is 4.38. The van der Waals surface area contributed by atoms with Crippen molar-refractivity contribution in [3.8, 4) is 0 Å². The minimum atomic E-state index is -3.92. The van der Waals surface area contributed by atoms with Crippen molar-refractivity contribution in [1.82, 2.24) is 18.8 Å². The molecule has 3 rings (SSSR count). The Kier molecular flexibility index (Phi) is 5.64. The molecule has 3 aromatic rings. The number of sulfonamides is 1. The molecule has 1 atom stereocenters. The molecule has 0 aliphatic carbocycles. The number of rotatable bonds is 6. The molecule has 2 heterocycles. The predicted molar refractivity (Wildman–Crippen MR) is 105 cm³/mol. The third kappa shape index (κ3) is 3.76. The number of hydrogen-bond acceptors (Lipinski definition) is 4. The van der Waals surface area contributed by atoms with Crippen LogP contribution in [-0.2, 0) is 17.1 Å². The van der Waals surface area contributed by atoms with Gasteiger partial charge in [-0.1, -0.05) is 54.4 Å². The highest BCUT2D eigenvalue weighted by Gasteiger charge is 2.35. The zero-order chi connectivity index (χ0) is 19.6. The molecule has 0 amide bonds. The van der Waals surface area contributed by atoms with Crippen LogP contribution in [0.1, 0.15) is 29.7 Å². The Morgan fingerprint density at radius 1 is 1.19 bits per heavy atom. The maximum absolute atomic E-state index is 13.4. The molecule has 1 aromatic carbocycles. The van der Waals surface area contributed by atoms with Gasteiger partial charge in [-0.25, -0.2) is 13.4 Å². The van der Waals surface area contributed by atoms with Crippen molar-refractivity contribution in [2.24, 2.45) is 7.05 Å². The standard InChI is InChI=1S/C19H21ClN4O2S/c1-4-24(27(25,26)19-18(20)23(3)13-22-19)17(16-6-5-11-21-12-16)15-9-7-14(2)8-10-15/h5-13,17H,4H2,1-3H3/t17-/m0/s1. The molecular weight excluding hydrogens is 384 g/mol. The Bertz CT molecular complexity index is 1020. The number of benzene rings is 1. The molecule has 0 fully saturated rings. The zero-order valence-corrected chi connectivity index (χ0v) is 16.9. The topological polar surface area (TPSA) is 68.1 Å². The number of aromatic nitrogens is 3. The van der Waals surface area contributed by atoms with Gasteiger partial charge in [0.15, 0.2) is 0 Å². The fourth-order valence-corrected chi connectivity index (χ4v) is 4.99. The molecule has 0 aliphatic heterocycles. The van der Waals surface area contributed by atoms with Crippen LogP contribution in [-0.4, -0.2) is 33.8 Å². The van der Waals surface area contributed by atoms with Gasteiger partial charge < -0.3 is 4.57 Å². The molecule has 0 spiro atoms. The molecule has 0 radical (unpaired) electrons. The third-order valence-corrected chi connectivity index (χ3v) is 6.81. The molecule has 8 heteroatoms. The largest absolute Gasteiger partial charge is 0.324 e. The summed E-state index contributed by atoms with van der Waals surface area (Å²) in [6, 6.07) is 10.9. The van der Waals surface area contributed by atoms with Crippen molar-refractivity contribution in [1.29, 1.82) is 0 Å². The van der Waals surface area contributed by atoms with Crippen LogP contribution in [0, 0.1) is 6.92 Å². The van der Waals surface area contributed by atoms with Crippen LogP contribution in [0.15, 0.2) is 60.1 Å². The van der Waals surface area contributed by atoms with Crippen molar-refractivity contribution in [2.75, 3.05) is 6.54 Å². The highest BCUT2D eigenvalue weighted by Crippen LogP contribution is 2.34. The number of imidazole rings is 1. The molecule has 0 saturated carbocycles. The Balaban J connectivity index is 2.17. The summed E-state index contributed by atoms with van der Waals surface area (Å²) in [4.78, 5) is 8.20. The average molecular weight is 405 g/mol. The van der Waals surface area contributed by atoms with E-state index in [0.29, 0.717) is 0 Å². The molecular formula is C19H21ClN4O2S. The second kappa shape index (κ2) is 7.80. The number of pyridine rings is 1. The molecule has 2 aromatic heterocycles. The lowest BCUT2D eigenvalue weighted by Crippen LogP contribution is -2.36. The molecule has 142 valence electrons. The quantitative estimate of drug-likeness (QED) is 0.629. The highest BCUT2D eigenvalue weighted by molar-refractivity contribution is 7.89. The summed E-state index contributed by atoms with van der Waals surface area (Å²) < 4.78 is 29.7. The van der Waals surface area contributed by atoms with Gasteiger partial charge in [0.25, 0.3) is 10.0 Å². The predicted octanol–water partition coefficient (Wildman–Crippen LogP) is 3.58. The smallest absolute Gasteiger partial charge is 0.264 e. The van der Waals surface area contributed by atoms with Gasteiger partial charge >= 0.3 is 0 Å². The number of nitrogens with zero attached hydrogens (tertiary/aromatic N) is 4. The first-order valence-electron chi connectivity index (χ1n) is 8.51. The summed E-state index contributed by atoms with van der Waals surface area (Å²) >= 11 is 6.19.